The molecule has 0 bridgehead atoms. The van der Waals surface area contributed by atoms with Gasteiger partial charge in [0, 0.05) is 38.9 Å². The van der Waals surface area contributed by atoms with E-state index in [9.17, 15) is 0 Å². The molecule has 0 saturated carbocycles. The molecule has 5 rings (SSSR count). The van der Waals surface area contributed by atoms with Gasteiger partial charge in [-0.1, -0.05) is 18.2 Å². The molecule has 0 aliphatic carbocycles. The number of hydrogen-bond donors (Lipinski definition) is 0. The minimum absolute atomic E-state index is 0.744. The quantitative estimate of drug-likeness (QED) is 0.784. The van der Waals surface area contributed by atoms with Crippen LogP contribution in [-0.2, 0) is 11.3 Å². The van der Waals surface area contributed by atoms with E-state index in [1.54, 1.807) is 0 Å². The van der Waals surface area contributed by atoms with Crippen LogP contribution in [0.5, 0.6) is 5.75 Å². The Bertz CT molecular complexity index is 934. The molecular formula is C24H29N3O2. The molecule has 0 spiro atoms. The molecule has 2 aromatic carbocycles. The number of nitrogens with zero attached hydrogens (tertiary/aromatic N) is 3. The van der Waals surface area contributed by atoms with Crippen LogP contribution in [0.1, 0.15) is 16.7 Å². The molecule has 29 heavy (non-hydrogen) atoms. The van der Waals surface area contributed by atoms with Crippen LogP contribution in [0.25, 0.3) is 5.57 Å². The standard InChI is InChI=1S/C24H29N3O2/c1-25-8-7-22(18-3-6-23-24(16-18)29-14-9-26(23)2)21-5-4-20(15-19(21)17-25)27-10-12-28-13-11-27/h3-7,15-16H,8-14,17H2,1-2H3. The van der Waals surface area contributed by atoms with Crippen molar-refractivity contribution >= 4 is 16.9 Å². The van der Waals surface area contributed by atoms with Gasteiger partial charge in [-0.3, -0.25) is 4.90 Å². The largest absolute Gasteiger partial charge is 0.490 e. The average Bonchev–Trinajstić information content (AvgIpc) is 2.92. The van der Waals surface area contributed by atoms with Crippen molar-refractivity contribution in [2.45, 2.75) is 6.54 Å². The van der Waals surface area contributed by atoms with E-state index >= 15 is 0 Å². The predicted molar refractivity (Wildman–Crippen MR) is 118 cm³/mol. The van der Waals surface area contributed by atoms with Crippen molar-refractivity contribution in [2.24, 2.45) is 0 Å². The van der Waals surface area contributed by atoms with Gasteiger partial charge in [-0.2, -0.15) is 0 Å². The highest BCUT2D eigenvalue weighted by molar-refractivity contribution is 5.84. The summed E-state index contributed by atoms with van der Waals surface area (Å²) in [6.07, 6.45) is 2.36. The zero-order valence-electron chi connectivity index (χ0n) is 17.4. The second-order valence-corrected chi connectivity index (χ2v) is 8.21. The van der Waals surface area contributed by atoms with Gasteiger partial charge in [-0.05, 0) is 53.6 Å². The highest BCUT2D eigenvalue weighted by Gasteiger charge is 2.21. The fourth-order valence-corrected chi connectivity index (χ4v) is 4.50. The topological polar surface area (TPSA) is 28.2 Å². The molecule has 0 N–H and O–H groups in total. The molecule has 152 valence electrons. The number of benzene rings is 2. The van der Waals surface area contributed by atoms with Crippen molar-refractivity contribution in [1.82, 2.24) is 4.90 Å². The summed E-state index contributed by atoms with van der Waals surface area (Å²) in [7, 11) is 4.32. The molecule has 3 heterocycles. The monoisotopic (exact) mass is 391 g/mol. The number of hydrogen-bond acceptors (Lipinski definition) is 5. The van der Waals surface area contributed by atoms with Crippen LogP contribution >= 0.6 is 0 Å². The lowest BCUT2D eigenvalue weighted by atomic mass is 9.93. The lowest BCUT2D eigenvalue weighted by Gasteiger charge is -2.30. The van der Waals surface area contributed by atoms with Crippen LogP contribution in [0.15, 0.2) is 42.5 Å². The van der Waals surface area contributed by atoms with Crippen molar-refractivity contribution in [3.05, 3.63) is 59.2 Å². The third-order valence-corrected chi connectivity index (χ3v) is 6.17. The van der Waals surface area contributed by atoms with E-state index in [-0.39, 0.29) is 0 Å². The van der Waals surface area contributed by atoms with E-state index in [1.807, 2.05) is 0 Å². The van der Waals surface area contributed by atoms with E-state index in [0.29, 0.717) is 0 Å². The number of ether oxygens (including phenoxy) is 2. The molecule has 5 heteroatoms. The highest BCUT2D eigenvalue weighted by atomic mass is 16.5. The zero-order chi connectivity index (χ0) is 19.8. The molecule has 0 atom stereocenters. The minimum Gasteiger partial charge on any atom is -0.490 e. The maximum absolute atomic E-state index is 5.97. The molecule has 0 amide bonds. The summed E-state index contributed by atoms with van der Waals surface area (Å²) < 4.78 is 11.5. The molecule has 3 aliphatic rings. The summed E-state index contributed by atoms with van der Waals surface area (Å²) in [6, 6.07) is 13.6. The number of morpholine rings is 1. The fourth-order valence-electron chi connectivity index (χ4n) is 4.50. The summed E-state index contributed by atoms with van der Waals surface area (Å²) in [4.78, 5) is 7.07. The summed E-state index contributed by atoms with van der Waals surface area (Å²) in [6.45, 7) is 7.13. The number of likely N-dealkylation sites (N-methyl/N-ethyl adjacent to an activating group) is 2. The van der Waals surface area contributed by atoms with E-state index in [4.69, 9.17) is 9.47 Å². The van der Waals surface area contributed by atoms with Crippen molar-refractivity contribution in [2.75, 3.05) is 69.9 Å². The first-order valence-corrected chi connectivity index (χ1v) is 10.5. The SMILES string of the molecule is CN1CC=C(c2ccc3c(c2)OCCN3C)c2ccc(N3CCOCC3)cc2C1. The number of anilines is 2. The molecule has 1 fully saturated rings. The third kappa shape index (κ3) is 3.61. The van der Waals surface area contributed by atoms with Gasteiger partial charge < -0.3 is 19.3 Å². The second-order valence-electron chi connectivity index (χ2n) is 8.21. The Balaban J connectivity index is 1.53. The average molecular weight is 392 g/mol. The second kappa shape index (κ2) is 7.73. The Morgan fingerprint density at radius 1 is 0.897 bits per heavy atom. The third-order valence-electron chi connectivity index (χ3n) is 6.17. The van der Waals surface area contributed by atoms with Crippen LogP contribution in [-0.4, -0.2) is 65.0 Å². The Morgan fingerprint density at radius 3 is 2.62 bits per heavy atom. The minimum atomic E-state index is 0.744. The van der Waals surface area contributed by atoms with Crippen molar-refractivity contribution in [3.63, 3.8) is 0 Å². The van der Waals surface area contributed by atoms with Gasteiger partial charge in [0.2, 0.25) is 0 Å². The molecule has 0 aromatic heterocycles. The maximum Gasteiger partial charge on any atom is 0.143 e. The van der Waals surface area contributed by atoms with Crippen LogP contribution in [0.4, 0.5) is 11.4 Å². The summed E-state index contributed by atoms with van der Waals surface area (Å²) in [5.41, 5.74) is 7.73. The first-order chi connectivity index (χ1) is 14.2. The Hall–Kier alpha value is -2.50. The Kier molecular flexibility index (Phi) is 4.94. The number of rotatable bonds is 2. The van der Waals surface area contributed by atoms with E-state index < -0.39 is 0 Å². The smallest absolute Gasteiger partial charge is 0.143 e. The predicted octanol–water partition coefficient (Wildman–Crippen LogP) is 3.23. The molecule has 0 radical (unpaired) electrons. The van der Waals surface area contributed by atoms with Crippen LogP contribution in [0, 0.1) is 0 Å². The van der Waals surface area contributed by atoms with Crippen LogP contribution in [0.2, 0.25) is 0 Å². The summed E-state index contributed by atoms with van der Waals surface area (Å²) in [5, 5.41) is 0. The van der Waals surface area contributed by atoms with Crippen molar-refractivity contribution in [3.8, 4) is 5.75 Å². The normalized spacial score (nSPS) is 19.7. The summed E-state index contributed by atoms with van der Waals surface area (Å²) >= 11 is 0. The zero-order valence-corrected chi connectivity index (χ0v) is 17.4. The lowest BCUT2D eigenvalue weighted by molar-refractivity contribution is 0.122. The molecule has 2 aromatic rings. The maximum atomic E-state index is 5.97. The molecule has 3 aliphatic heterocycles. The molecular weight excluding hydrogens is 362 g/mol. The summed E-state index contributed by atoms with van der Waals surface area (Å²) in [5.74, 6) is 0.987. The van der Waals surface area contributed by atoms with Crippen LogP contribution < -0.4 is 14.5 Å². The van der Waals surface area contributed by atoms with E-state index in [1.165, 1.54) is 33.6 Å². The van der Waals surface area contributed by atoms with E-state index in [2.05, 4.69) is 71.3 Å². The van der Waals surface area contributed by atoms with Gasteiger partial charge in [-0.25, -0.2) is 0 Å². The first-order valence-electron chi connectivity index (χ1n) is 10.5. The van der Waals surface area contributed by atoms with Gasteiger partial charge in [0.25, 0.3) is 0 Å². The molecule has 1 saturated heterocycles. The van der Waals surface area contributed by atoms with Gasteiger partial charge in [0.15, 0.2) is 0 Å². The van der Waals surface area contributed by atoms with Crippen LogP contribution in [0.3, 0.4) is 0 Å². The van der Waals surface area contributed by atoms with Gasteiger partial charge >= 0.3 is 0 Å². The highest BCUT2D eigenvalue weighted by Crippen LogP contribution is 2.37. The Morgan fingerprint density at radius 2 is 1.76 bits per heavy atom. The van der Waals surface area contributed by atoms with Gasteiger partial charge in [0.05, 0.1) is 25.4 Å². The first kappa shape index (κ1) is 18.5. The Labute approximate surface area is 173 Å². The molecule has 0 unspecified atom stereocenters. The van der Waals surface area contributed by atoms with Gasteiger partial charge in [-0.15, -0.1) is 0 Å². The number of fused-ring (bicyclic) bond motifs is 2. The lowest BCUT2D eigenvalue weighted by Crippen LogP contribution is -2.36. The van der Waals surface area contributed by atoms with Crippen molar-refractivity contribution in [1.29, 1.82) is 0 Å². The fraction of sp³-hybridized carbons (Fsp3) is 0.417. The van der Waals surface area contributed by atoms with Crippen molar-refractivity contribution < 1.29 is 9.47 Å². The molecule has 5 nitrogen and oxygen atoms in total. The van der Waals surface area contributed by atoms with Gasteiger partial charge in [0.1, 0.15) is 12.4 Å². The van der Waals surface area contributed by atoms with E-state index in [0.717, 1.165) is 58.3 Å².